The summed E-state index contributed by atoms with van der Waals surface area (Å²) in [6, 6.07) is 24.3. The molecule has 0 amide bonds. The van der Waals surface area contributed by atoms with E-state index in [1.54, 1.807) is 7.11 Å². The van der Waals surface area contributed by atoms with Gasteiger partial charge in [-0.15, -0.1) is 0 Å². The van der Waals surface area contributed by atoms with E-state index in [1.165, 1.54) is 15.9 Å². The number of halogens is 3. The highest BCUT2D eigenvalue weighted by atomic mass is 35.5. The minimum atomic E-state index is -0.686. The Morgan fingerprint density at radius 3 is 1.33 bits per heavy atom. The zero-order valence-corrected chi connectivity index (χ0v) is 18.8. The lowest BCUT2D eigenvalue weighted by Crippen LogP contribution is -2.17. The van der Waals surface area contributed by atoms with Gasteiger partial charge in [0.25, 0.3) is 0 Å². The summed E-state index contributed by atoms with van der Waals surface area (Å²) in [5.41, 5.74) is 0. The van der Waals surface area contributed by atoms with Crippen LogP contribution in [0.1, 0.15) is 0 Å². The van der Waals surface area contributed by atoms with Gasteiger partial charge in [-0.3, -0.25) is 0 Å². The molecule has 1 nitrogen and oxygen atoms in total. The molecule has 0 aliphatic heterocycles. The van der Waals surface area contributed by atoms with Crippen molar-refractivity contribution in [3.63, 3.8) is 0 Å². The van der Waals surface area contributed by atoms with Crippen LogP contribution >= 0.6 is 50.9 Å². The molecule has 3 rings (SSSR count). The van der Waals surface area contributed by atoms with Crippen molar-refractivity contribution in [2.75, 3.05) is 19.4 Å². The molecule has 27 heavy (non-hydrogen) atoms. The molecule has 1 unspecified atom stereocenters. The maximum Gasteiger partial charge on any atom is 0.0603 e. The summed E-state index contributed by atoms with van der Waals surface area (Å²) in [7, 11) is 0.581. The zero-order chi connectivity index (χ0) is 19.2. The van der Waals surface area contributed by atoms with Crippen LogP contribution in [-0.4, -0.2) is 19.4 Å². The fraction of sp³-hybridized carbons (Fsp3) is 0.143. The van der Waals surface area contributed by atoms with Gasteiger partial charge in [-0.1, -0.05) is 71.2 Å². The Bertz CT molecular complexity index is 807. The lowest BCUT2D eigenvalue weighted by atomic mass is 10.4. The molecule has 0 saturated heterocycles. The fourth-order valence-electron chi connectivity index (χ4n) is 2.77. The lowest BCUT2D eigenvalue weighted by molar-refractivity contribution is 0.468. The Hall–Kier alpha value is -0.650. The molecule has 0 aromatic heterocycles. The van der Waals surface area contributed by atoms with Crippen LogP contribution < -0.4 is 15.9 Å². The number of rotatable bonds is 7. The third kappa shape index (κ3) is 5.91. The second-order valence-electron chi connectivity index (χ2n) is 5.87. The second-order valence-corrected chi connectivity index (χ2v) is 11.6. The van der Waals surface area contributed by atoms with E-state index in [4.69, 9.17) is 39.3 Å². The van der Waals surface area contributed by atoms with Gasteiger partial charge < -0.3 is 4.52 Å². The van der Waals surface area contributed by atoms with Crippen molar-refractivity contribution in [1.82, 2.24) is 0 Å². The van der Waals surface area contributed by atoms with Gasteiger partial charge in [-0.25, -0.2) is 0 Å². The van der Waals surface area contributed by atoms with Gasteiger partial charge >= 0.3 is 0 Å². The van der Waals surface area contributed by atoms with Gasteiger partial charge in [-0.05, 0) is 61.1 Å². The monoisotopic (exact) mass is 454 g/mol. The maximum absolute atomic E-state index is 6.09. The smallest absolute Gasteiger partial charge is 0.0603 e. The van der Waals surface area contributed by atoms with Gasteiger partial charge in [0, 0.05) is 33.6 Å². The van der Waals surface area contributed by atoms with E-state index in [0.29, 0.717) is 0 Å². The van der Waals surface area contributed by atoms with Crippen LogP contribution in [0.4, 0.5) is 0 Å². The van der Waals surface area contributed by atoms with Gasteiger partial charge in [0.05, 0.1) is 8.15 Å². The molecule has 0 bridgehead atoms. The number of hydrogen-bond donors (Lipinski definition) is 0. The van der Waals surface area contributed by atoms with E-state index in [1.807, 2.05) is 36.4 Å². The van der Waals surface area contributed by atoms with E-state index in [9.17, 15) is 0 Å². The molecule has 0 aliphatic carbocycles. The van der Waals surface area contributed by atoms with Crippen molar-refractivity contribution < 1.29 is 4.52 Å². The first-order valence-corrected chi connectivity index (χ1v) is 12.5. The third-order valence-corrected chi connectivity index (χ3v) is 9.71. The van der Waals surface area contributed by atoms with Crippen LogP contribution in [0.15, 0.2) is 72.8 Å². The summed E-state index contributed by atoms with van der Waals surface area (Å²) in [6.45, 7) is 0. The van der Waals surface area contributed by atoms with E-state index < -0.39 is 16.1 Å². The molecule has 0 saturated carbocycles. The Balaban J connectivity index is 1.83. The van der Waals surface area contributed by atoms with Gasteiger partial charge in [-0.2, -0.15) is 0 Å². The van der Waals surface area contributed by atoms with Crippen molar-refractivity contribution in [2.45, 2.75) is 0 Å². The van der Waals surface area contributed by atoms with Crippen molar-refractivity contribution in [3.05, 3.63) is 87.9 Å². The van der Waals surface area contributed by atoms with Crippen molar-refractivity contribution in [3.8, 4) is 0 Å². The minimum absolute atomic E-state index is 0.518. The Kier molecular flexibility index (Phi) is 7.97. The van der Waals surface area contributed by atoms with E-state index in [-0.39, 0.29) is 0 Å². The third-order valence-electron chi connectivity index (χ3n) is 4.14. The summed E-state index contributed by atoms with van der Waals surface area (Å²) < 4.78 is 5.83. The SMILES string of the molecule is COP(CCP(c1ccc(Cl)cc1)c1ccc(Cl)cc1)c1ccc(Cl)cc1. The summed E-state index contributed by atoms with van der Waals surface area (Å²) in [6.07, 6.45) is 2.01. The first-order valence-electron chi connectivity index (χ1n) is 8.43. The molecular weight excluding hydrogens is 437 g/mol. The Morgan fingerprint density at radius 1 is 0.593 bits per heavy atom. The average molecular weight is 456 g/mol. The molecule has 0 spiro atoms. The Morgan fingerprint density at radius 2 is 0.963 bits per heavy atom. The summed E-state index contributed by atoms with van der Waals surface area (Å²) >= 11 is 18.2. The molecule has 6 heteroatoms. The lowest BCUT2D eigenvalue weighted by Gasteiger charge is -2.22. The van der Waals surface area contributed by atoms with Crippen LogP contribution in [0, 0.1) is 0 Å². The highest BCUT2D eigenvalue weighted by Gasteiger charge is 2.18. The highest BCUT2D eigenvalue weighted by molar-refractivity contribution is 7.74. The van der Waals surface area contributed by atoms with Crippen LogP contribution in [-0.2, 0) is 4.52 Å². The number of hydrogen-bond acceptors (Lipinski definition) is 1. The predicted molar refractivity (Wildman–Crippen MR) is 124 cm³/mol. The molecule has 0 heterocycles. The molecule has 0 fully saturated rings. The van der Waals surface area contributed by atoms with Crippen molar-refractivity contribution in [1.29, 1.82) is 0 Å². The fourth-order valence-corrected chi connectivity index (χ4v) is 7.64. The molecule has 3 aromatic carbocycles. The maximum atomic E-state index is 6.09. The summed E-state index contributed by atoms with van der Waals surface area (Å²) in [5.74, 6) is 0. The quantitative estimate of drug-likeness (QED) is 0.372. The first-order chi connectivity index (χ1) is 13.1. The number of benzene rings is 3. The van der Waals surface area contributed by atoms with E-state index in [0.717, 1.165) is 27.4 Å². The molecule has 0 N–H and O–H groups in total. The van der Waals surface area contributed by atoms with Crippen LogP contribution in [0.3, 0.4) is 0 Å². The average Bonchev–Trinajstić information content (AvgIpc) is 2.68. The Labute approximate surface area is 178 Å². The van der Waals surface area contributed by atoms with E-state index >= 15 is 0 Å². The molecule has 3 aromatic rings. The largest absolute Gasteiger partial charge is 0.358 e. The van der Waals surface area contributed by atoms with E-state index in [2.05, 4.69) is 36.4 Å². The molecular formula is C21H19Cl3OP2. The topological polar surface area (TPSA) is 9.23 Å². The molecule has 1 atom stereocenters. The van der Waals surface area contributed by atoms with Gasteiger partial charge in [0.1, 0.15) is 0 Å². The zero-order valence-electron chi connectivity index (χ0n) is 14.8. The van der Waals surface area contributed by atoms with Crippen LogP contribution in [0.2, 0.25) is 15.1 Å². The van der Waals surface area contributed by atoms with Crippen LogP contribution in [0.5, 0.6) is 0 Å². The normalized spacial score (nSPS) is 12.3. The molecule has 0 radical (unpaired) electrons. The van der Waals surface area contributed by atoms with Gasteiger partial charge in [0.2, 0.25) is 0 Å². The van der Waals surface area contributed by atoms with Crippen molar-refractivity contribution in [2.24, 2.45) is 0 Å². The van der Waals surface area contributed by atoms with Gasteiger partial charge in [0.15, 0.2) is 0 Å². The highest BCUT2D eigenvalue weighted by Crippen LogP contribution is 2.42. The predicted octanol–water partition coefficient (Wildman–Crippen LogP) is 6.45. The van der Waals surface area contributed by atoms with Crippen LogP contribution in [0.25, 0.3) is 0 Å². The second kappa shape index (κ2) is 10.2. The van der Waals surface area contributed by atoms with Crippen molar-refractivity contribution >= 4 is 66.8 Å². The molecule has 140 valence electrons. The minimum Gasteiger partial charge on any atom is -0.358 e. The summed E-state index contributed by atoms with van der Waals surface area (Å²) in [5, 5.41) is 6.07. The first kappa shape index (κ1) is 21.1. The summed E-state index contributed by atoms with van der Waals surface area (Å²) in [4.78, 5) is 0. The molecule has 0 aliphatic rings. The standard InChI is InChI=1S/C21H19Cl3OP2/c1-25-27(21-12-6-18(24)7-13-21)15-14-26(19-8-2-16(22)3-9-19)20-10-4-17(23)5-11-20/h2-13H,14-15H2,1H3.